The Labute approximate surface area is 65.5 Å². The molecule has 1 atom stereocenters. The Kier molecular flexibility index (Phi) is 2.62. The topological polar surface area (TPSA) is 52.6 Å². The van der Waals surface area contributed by atoms with Crippen LogP contribution in [-0.4, -0.2) is 41.8 Å². The molecule has 2 N–H and O–H groups in total. The van der Waals surface area contributed by atoms with Crippen LogP contribution in [0.4, 0.5) is 0 Å². The summed E-state index contributed by atoms with van der Waals surface area (Å²) in [4.78, 5) is 12.4. The van der Waals surface area contributed by atoms with Crippen LogP contribution in [0.3, 0.4) is 0 Å². The molecule has 0 saturated carbocycles. The number of hydrogen-bond donors (Lipinski definition) is 2. The molecule has 0 spiro atoms. The predicted octanol–water partition coefficient (Wildman–Crippen LogP) is -1.08. The van der Waals surface area contributed by atoms with Crippen LogP contribution < -0.4 is 5.32 Å². The minimum Gasteiger partial charge on any atom is -0.370 e. The summed E-state index contributed by atoms with van der Waals surface area (Å²) in [5.41, 5.74) is 0. The Hall–Kier alpha value is -0.870. The molecule has 0 aromatic heterocycles. The van der Waals surface area contributed by atoms with Gasteiger partial charge < -0.3 is 15.3 Å². The molecule has 1 fully saturated rings. The number of rotatable bonds is 2. The summed E-state index contributed by atoms with van der Waals surface area (Å²) >= 11 is 0. The quantitative estimate of drug-likeness (QED) is 0.500. The first-order chi connectivity index (χ1) is 5.25. The van der Waals surface area contributed by atoms with Gasteiger partial charge in [0.2, 0.25) is 5.91 Å². The van der Waals surface area contributed by atoms with Crippen molar-refractivity contribution >= 4 is 5.91 Å². The first kappa shape index (κ1) is 8.23. The molecule has 0 radical (unpaired) electrons. The van der Waals surface area contributed by atoms with Crippen molar-refractivity contribution in [2.24, 2.45) is 0 Å². The monoisotopic (exact) mass is 156 g/mol. The molecular formula is C7H12N2O2. The number of nitrogens with zero attached hydrogens (tertiary/aromatic N) is 1. The molecular weight excluding hydrogens is 144 g/mol. The largest absolute Gasteiger partial charge is 0.370 e. The van der Waals surface area contributed by atoms with Crippen molar-refractivity contribution in [2.75, 3.05) is 19.6 Å². The highest BCUT2D eigenvalue weighted by atomic mass is 16.3. The van der Waals surface area contributed by atoms with Crippen LogP contribution in [0, 0.1) is 0 Å². The number of nitrogens with one attached hydrogen (secondary N) is 1. The maximum Gasteiger partial charge on any atom is 0.238 e. The third-order valence-corrected chi connectivity index (χ3v) is 1.66. The molecule has 0 aliphatic carbocycles. The van der Waals surface area contributed by atoms with E-state index >= 15 is 0 Å². The lowest BCUT2D eigenvalue weighted by Crippen LogP contribution is -2.51. The average molecular weight is 156 g/mol. The van der Waals surface area contributed by atoms with E-state index in [0.717, 1.165) is 6.54 Å². The van der Waals surface area contributed by atoms with Gasteiger partial charge in [-0.2, -0.15) is 0 Å². The third kappa shape index (κ3) is 1.78. The second-order valence-electron chi connectivity index (χ2n) is 2.41. The van der Waals surface area contributed by atoms with Crippen LogP contribution in [0.25, 0.3) is 0 Å². The maximum absolute atomic E-state index is 11.1. The second kappa shape index (κ2) is 3.50. The molecule has 62 valence electrons. The van der Waals surface area contributed by atoms with Gasteiger partial charge in [-0.3, -0.25) is 4.79 Å². The molecule has 1 unspecified atom stereocenters. The Morgan fingerprint density at radius 1 is 1.82 bits per heavy atom. The van der Waals surface area contributed by atoms with Crippen LogP contribution in [-0.2, 0) is 4.79 Å². The standard InChI is InChI=1S/C7H12N2O2/c1-2-6(10)9-4-3-8-5-7(9)11/h2,6,8,10H,1,3-5H2. The fourth-order valence-corrected chi connectivity index (χ4v) is 1.03. The fourth-order valence-electron chi connectivity index (χ4n) is 1.03. The molecule has 11 heavy (non-hydrogen) atoms. The number of piperazine rings is 1. The van der Waals surface area contributed by atoms with Gasteiger partial charge in [-0.25, -0.2) is 0 Å². The molecule has 0 aromatic carbocycles. The van der Waals surface area contributed by atoms with E-state index < -0.39 is 6.23 Å². The van der Waals surface area contributed by atoms with Gasteiger partial charge in [0.15, 0.2) is 0 Å². The summed E-state index contributed by atoms with van der Waals surface area (Å²) in [6, 6.07) is 0. The van der Waals surface area contributed by atoms with E-state index in [0.29, 0.717) is 13.1 Å². The van der Waals surface area contributed by atoms with Crippen LogP contribution in [0.5, 0.6) is 0 Å². The number of aliphatic hydroxyl groups excluding tert-OH is 1. The molecule has 1 aliphatic heterocycles. The highest BCUT2D eigenvalue weighted by Gasteiger charge is 2.21. The summed E-state index contributed by atoms with van der Waals surface area (Å²) in [5.74, 6) is -0.0800. The molecule has 1 heterocycles. The van der Waals surface area contributed by atoms with Crippen molar-refractivity contribution < 1.29 is 9.90 Å². The molecule has 4 heteroatoms. The number of carbonyl (C=O) groups excluding carboxylic acids is 1. The van der Waals surface area contributed by atoms with Crippen molar-refractivity contribution in [3.63, 3.8) is 0 Å². The van der Waals surface area contributed by atoms with Gasteiger partial charge in [-0.15, -0.1) is 0 Å². The predicted molar refractivity (Wildman–Crippen MR) is 40.8 cm³/mol. The summed E-state index contributed by atoms with van der Waals surface area (Å²) in [6.45, 7) is 5.00. The van der Waals surface area contributed by atoms with Gasteiger partial charge in [-0.05, 0) is 6.08 Å². The summed E-state index contributed by atoms with van der Waals surface area (Å²) in [6.07, 6.45) is 0.521. The summed E-state index contributed by atoms with van der Waals surface area (Å²) < 4.78 is 0. The SMILES string of the molecule is C=CC(O)N1CCNCC1=O. The molecule has 1 aliphatic rings. The average Bonchev–Trinajstić information content (AvgIpc) is 2.04. The van der Waals surface area contributed by atoms with Crippen LogP contribution in [0.1, 0.15) is 0 Å². The Bertz CT molecular complexity index is 170. The lowest BCUT2D eigenvalue weighted by atomic mass is 10.3. The van der Waals surface area contributed by atoms with Gasteiger partial charge in [-0.1, -0.05) is 6.58 Å². The minimum atomic E-state index is -0.829. The molecule has 4 nitrogen and oxygen atoms in total. The second-order valence-corrected chi connectivity index (χ2v) is 2.41. The lowest BCUT2D eigenvalue weighted by molar-refractivity contribution is -0.139. The summed E-state index contributed by atoms with van der Waals surface area (Å²) in [7, 11) is 0. The molecule has 0 aromatic rings. The molecule has 1 saturated heterocycles. The van der Waals surface area contributed by atoms with Gasteiger partial charge in [0.05, 0.1) is 6.54 Å². The highest BCUT2D eigenvalue weighted by molar-refractivity contribution is 5.79. The molecule has 0 bridgehead atoms. The van der Waals surface area contributed by atoms with Crippen molar-refractivity contribution in [1.82, 2.24) is 10.2 Å². The fraction of sp³-hybridized carbons (Fsp3) is 0.571. The smallest absolute Gasteiger partial charge is 0.238 e. The minimum absolute atomic E-state index is 0.0800. The first-order valence-corrected chi connectivity index (χ1v) is 3.56. The van der Waals surface area contributed by atoms with Gasteiger partial charge in [0.25, 0.3) is 0 Å². The van der Waals surface area contributed by atoms with Crippen LogP contribution in [0.2, 0.25) is 0 Å². The Morgan fingerprint density at radius 3 is 3.09 bits per heavy atom. The zero-order valence-electron chi connectivity index (χ0n) is 6.29. The maximum atomic E-state index is 11.1. The van der Waals surface area contributed by atoms with E-state index in [4.69, 9.17) is 0 Å². The summed E-state index contributed by atoms with van der Waals surface area (Å²) in [5, 5.41) is 12.1. The van der Waals surface area contributed by atoms with Crippen LogP contribution in [0.15, 0.2) is 12.7 Å². The molecule has 1 rings (SSSR count). The van der Waals surface area contributed by atoms with E-state index in [-0.39, 0.29) is 5.91 Å². The van der Waals surface area contributed by atoms with Crippen LogP contribution >= 0.6 is 0 Å². The van der Waals surface area contributed by atoms with Crippen molar-refractivity contribution in [1.29, 1.82) is 0 Å². The Balaban J connectivity index is 2.53. The van der Waals surface area contributed by atoms with E-state index in [2.05, 4.69) is 11.9 Å². The number of hydrogen-bond acceptors (Lipinski definition) is 3. The highest BCUT2D eigenvalue weighted by Crippen LogP contribution is 1.99. The lowest BCUT2D eigenvalue weighted by Gasteiger charge is -2.29. The zero-order valence-corrected chi connectivity index (χ0v) is 6.29. The number of aliphatic hydroxyl groups is 1. The van der Waals surface area contributed by atoms with E-state index in [1.165, 1.54) is 11.0 Å². The van der Waals surface area contributed by atoms with Gasteiger partial charge in [0.1, 0.15) is 6.23 Å². The molecule has 1 amide bonds. The van der Waals surface area contributed by atoms with Crippen molar-refractivity contribution in [3.05, 3.63) is 12.7 Å². The van der Waals surface area contributed by atoms with Crippen molar-refractivity contribution in [2.45, 2.75) is 6.23 Å². The number of amides is 1. The Morgan fingerprint density at radius 2 is 2.55 bits per heavy atom. The van der Waals surface area contributed by atoms with Crippen molar-refractivity contribution in [3.8, 4) is 0 Å². The van der Waals surface area contributed by atoms with E-state index in [9.17, 15) is 9.90 Å². The van der Waals surface area contributed by atoms with Gasteiger partial charge >= 0.3 is 0 Å². The zero-order chi connectivity index (χ0) is 8.27. The van der Waals surface area contributed by atoms with Gasteiger partial charge in [0, 0.05) is 13.1 Å². The third-order valence-electron chi connectivity index (χ3n) is 1.66. The van der Waals surface area contributed by atoms with E-state index in [1.54, 1.807) is 0 Å². The van der Waals surface area contributed by atoms with E-state index in [1.807, 2.05) is 0 Å². The normalized spacial score (nSPS) is 21.5. The first-order valence-electron chi connectivity index (χ1n) is 3.56. The number of carbonyl (C=O) groups is 1.